The molecule has 0 aliphatic carbocycles. The number of ether oxygens (including phenoxy) is 2. The standard InChI is InChI=1S/C22H22N2O4S/c1-14(2)20(25)24-22-23-18(13-29-22)17-6-4-5-7-19(17)28-12-15-8-10-16(11-9-15)21(26)27-3/h4-11,13-14H,12H2,1-3H3,(H,23,24,25). The number of esters is 1. The Balaban J connectivity index is 1.72. The first-order valence-electron chi connectivity index (χ1n) is 9.13. The zero-order chi connectivity index (χ0) is 20.8. The second-order valence-electron chi connectivity index (χ2n) is 6.66. The Kier molecular flexibility index (Phi) is 6.61. The summed E-state index contributed by atoms with van der Waals surface area (Å²) in [5.74, 6) is 0.151. The molecule has 0 saturated carbocycles. The van der Waals surface area contributed by atoms with Crippen molar-refractivity contribution in [3.05, 3.63) is 65.0 Å². The predicted molar refractivity (Wildman–Crippen MR) is 113 cm³/mol. The molecule has 2 aromatic carbocycles. The number of hydrogen-bond acceptors (Lipinski definition) is 6. The molecule has 0 spiro atoms. The first-order chi connectivity index (χ1) is 14.0. The SMILES string of the molecule is COC(=O)c1ccc(COc2ccccc2-c2csc(NC(=O)C(C)C)n2)cc1. The number of amides is 1. The Hall–Kier alpha value is -3.19. The minimum atomic E-state index is -0.369. The van der Waals surface area contributed by atoms with E-state index in [9.17, 15) is 9.59 Å². The number of aromatic nitrogens is 1. The largest absolute Gasteiger partial charge is 0.488 e. The first-order valence-corrected chi connectivity index (χ1v) is 10.0. The summed E-state index contributed by atoms with van der Waals surface area (Å²) >= 11 is 1.38. The molecule has 1 N–H and O–H groups in total. The second-order valence-corrected chi connectivity index (χ2v) is 7.51. The molecule has 0 saturated heterocycles. The molecule has 1 heterocycles. The van der Waals surface area contributed by atoms with E-state index in [0.29, 0.717) is 23.1 Å². The Bertz CT molecular complexity index is 996. The monoisotopic (exact) mass is 410 g/mol. The second kappa shape index (κ2) is 9.34. The quantitative estimate of drug-likeness (QED) is 0.568. The topological polar surface area (TPSA) is 77.5 Å². The van der Waals surface area contributed by atoms with E-state index < -0.39 is 0 Å². The van der Waals surface area contributed by atoms with E-state index in [1.165, 1.54) is 18.4 Å². The van der Waals surface area contributed by atoms with Gasteiger partial charge in [0.05, 0.1) is 18.4 Å². The van der Waals surface area contributed by atoms with E-state index in [2.05, 4.69) is 10.3 Å². The summed E-state index contributed by atoms with van der Waals surface area (Å²) in [6.07, 6.45) is 0. The fourth-order valence-electron chi connectivity index (χ4n) is 2.52. The molecule has 0 fully saturated rings. The van der Waals surface area contributed by atoms with Gasteiger partial charge in [-0.3, -0.25) is 4.79 Å². The fraction of sp³-hybridized carbons (Fsp3) is 0.227. The number of rotatable bonds is 7. The molecule has 0 aliphatic heterocycles. The van der Waals surface area contributed by atoms with Crippen LogP contribution in [-0.2, 0) is 16.1 Å². The summed E-state index contributed by atoms with van der Waals surface area (Å²) in [4.78, 5) is 27.9. The smallest absolute Gasteiger partial charge is 0.337 e. The highest BCUT2D eigenvalue weighted by Crippen LogP contribution is 2.32. The molecule has 0 unspecified atom stereocenters. The molecule has 0 atom stereocenters. The van der Waals surface area contributed by atoms with Crippen LogP contribution in [0.1, 0.15) is 29.8 Å². The lowest BCUT2D eigenvalue weighted by Crippen LogP contribution is -2.17. The van der Waals surface area contributed by atoms with E-state index >= 15 is 0 Å². The van der Waals surface area contributed by atoms with Gasteiger partial charge in [-0.1, -0.05) is 38.1 Å². The van der Waals surface area contributed by atoms with Gasteiger partial charge in [-0.15, -0.1) is 11.3 Å². The fourth-order valence-corrected chi connectivity index (χ4v) is 3.24. The van der Waals surface area contributed by atoms with Gasteiger partial charge in [-0.2, -0.15) is 0 Å². The number of benzene rings is 2. The lowest BCUT2D eigenvalue weighted by Gasteiger charge is -2.10. The third-order valence-electron chi connectivity index (χ3n) is 4.19. The molecular weight excluding hydrogens is 388 g/mol. The van der Waals surface area contributed by atoms with Gasteiger partial charge in [0.25, 0.3) is 0 Å². The lowest BCUT2D eigenvalue weighted by molar-refractivity contribution is -0.118. The van der Waals surface area contributed by atoms with Crippen molar-refractivity contribution in [2.45, 2.75) is 20.5 Å². The van der Waals surface area contributed by atoms with Gasteiger partial charge in [0.15, 0.2) is 5.13 Å². The van der Waals surface area contributed by atoms with E-state index in [-0.39, 0.29) is 17.8 Å². The molecule has 0 radical (unpaired) electrons. The van der Waals surface area contributed by atoms with Crippen molar-refractivity contribution in [1.82, 2.24) is 4.98 Å². The summed E-state index contributed by atoms with van der Waals surface area (Å²) in [5, 5.41) is 5.27. The van der Waals surface area contributed by atoms with E-state index in [4.69, 9.17) is 9.47 Å². The van der Waals surface area contributed by atoms with Gasteiger partial charge in [-0.25, -0.2) is 9.78 Å². The number of anilines is 1. The number of nitrogens with zero attached hydrogens (tertiary/aromatic N) is 1. The third kappa shape index (κ3) is 5.20. The third-order valence-corrected chi connectivity index (χ3v) is 4.95. The number of para-hydroxylation sites is 1. The number of carbonyl (C=O) groups is 2. The Labute approximate surface area is 173 Å². The van der Waals surface area contributed by atoms with Crippen molar-refractivity contribution in [1.29, 1.82) is 0 Å². The molecule has 1 amide bonds. The molecule has 6 nitrogen and oxygen atoms in total. The van der Waals surface area contributed by atoms with Crippen molar-refractivity contribution in [2.24, 2.45) is 5.92 Å². The van der Waals surface area contributed by atoms with Crippen molar-refractivity contribution in [3.8, 4) is 17.0 Å². The van der Waals surface area contributed by atoms with E-state index in [1.807, 2.05) is 55.6 Å². The Morgan fingerprint density at radius 2 is 1.83 bits per heavy atom. The lowest BCUT2D eigenvalue weighted by atomic mass is 10.1. The number of hydrogen-bond donors (Lipinski definition) is 1. The van der Waals surface area contributed by atoms with Gasteiger partial charge in [0, 0.05) is 16.9 Å². The molecule has 0 aliphatic rings. The summed E-state index contributed by atoms with van der Waals surface area (Å²) in [6.45, 7) is 4.02. The van der Waals surface area contributed by atoms with Crippen LogP contribution in [0.25, 0.3) is 11.3 Å². The van der Waals surface area contributed by atoms with Gasteiger partial charge in [-0.05, 0) is 29.8 Å². The maximum absolute atomic E-state index is 11.9. The molecular formula is C22H22N2O4S. The maximum atomic E-state index is 11.9. The number of thiazole rings is 1. The van der Waals surface area contributed by atoms with Crippen LogP contribution in [0.15, 0.2) is 53.9 Å². The van der Waals surface area contributed by atoms with Crippen LogP contribution in [0.4, 0.5) is 5.13 Å². The van der Waals surface area contributed by atoms with Gasteiger partial charge in [0.1, 0.15) is 12.4 Å². The zero-order valence-corrected chi connectivity index (χ0v) is 17.3. The van der Waals surface area contributed by atoms with E-state index in [1.54, 1.807) is 12.1 Å². The van der Waals surface area contributed by atoms with Crippen molar-refractivity contribution in [2.75, 3.05) is 12.4 Å². The predicted octanol–water partition coefficient (Wildman–Crippen LogP) is 4.77. The minimum Gasteiger partial charge on any atom is -0.488 e. The number of carbonyl (C=O) groups excluding carboxylic acids is 2. The molecule has 3 aromatic rings. The van der Waals surface area contributed by atoms with Gasteiger partial charge >= 0.3 is 5.97 Å². The highest BCUT2D eigenvalue weighted by molar-refractivity contribution is 7.14. The summed E-state index contributed by atoms with van der Waals surface area (Å²) < 4.78 is 10.7. The molecule has 0 bridgehead atoms. The van der Waals surface area contributed by atoms with Gasteiger partial charge < -0.3 is 14.8 Å². The molecule has 3 rings (SSSR count). The Morgan fingerprint density at radius 1 is 1.10 bits per heavy atom. The number of nitrogens with one attached hydrogen (secondary N) is 1. The summed E-state index contributed by atoms with van der Waals surface area (Å²) in [5.41, 5.74) is 3.01. The van der Waals surface area contributed by atoms with Gasteiger partial charge in [0.2, 0.25) is 5.91 Å². The van der Waals surface area contributed by atoms with Crippen LogP contribution in [0.5, 0.6) is 5.75 Å². The van der Waals surface area contributed by atoms with Crippen LogP contribution in [0, 0.1) is 5.92 Å². The normalized spacial score (nSPS) is 10.6. The molecule has 150 valence electrons. The molecule has 7 heteroatoms. The Morgan fingerprint density at radius 3 is 2.52 bits per heavy atom. The zero-order valence-electron chi connectivity index (χ0n) is 16.5. The van der Waals surface area contributed by atoms with Crippen LogP contribution in [-0.4, -0.2) is 24.0 Å². The molecule has 1 aromatic heterocycles. The number of methoxy groups -OCH3 is 1. The van der Waals surface area contributed by atoms with Crippen LogP contribution >= 0.6 is 11.3 Å². The van der Waals surface area contributed by atoms with E-state index in [0.717, 1.165) is 16.8 Å². The van der Waals surface area contributed by atoms with Crippen molar-refractivity contribution < 1.29 is 19.1 Å². The average molecular weight is 410 g/mol. The highest BCUT2D eigenvalue weighted by atomic mass is 32.1. The summed E-state index contributed by atoms with van der Waals surface area (Å²) in [7, 11) is 1.36. The highest BCUT2D eigenvalue weighted by Gasteiger charge is 2.13. The maximum Gasteiger partial charge on any atom is 0.337 e. The van der Waals surface area contributed by atoms with Crippen LogP contribution in [0.2, 0.25) is 0 Å². The van der Waals surface area contributed by atoms with Crippen LogP contribution in [0.3, 0.4) is 0 Å². The average Bonchev–Trinajstić information content (AvgIpc) is 3.20. The van der Waals surface area contributed by atoms with Crippen LogP contribution < -0.4 is 10.1 Å². The summed E-state index contributed by atoms with van der Waals surface area (Å²) in [6, 6.07) is 14.7. The first kappa shape index (κ1) is 20.5. The molecule has 29 heavy (non-hydrogen) atoms. The van der Waals surface area contributed by atoms with Crippen molar-refractivity contribution >= 4 is 28.3 Å². The minimum absolute atomic E-state index is 0.0640. The van der Waals surface area contributed by atoms with Crippen molar-refractivity contribution in [3.63, 3.8) is 0 Å².